The highest BCUT2D eigenvalue weighted by atomic mass is 35.5. The molecule has 0 bridgehead atoms. The molecular formula is C15H17ClN2O. The molecule has 19 heavy (non-hydrogen) atoms. The van der Waals surface area contributed by atoms with Crippen LogP contribution in [0.3, 0.4) is 0 Å². The number of rotatable bonds is 4. The van der Waals surface area contributed by atoms with Gasteiger partial charge in [-0.05, 0) is 49.6 Å². The van der Waals surface area contributed by atoms with Crippen LogP contribution in [0.1, 0.15) is 18.1 Å². The minimum absolute atomic E-state index is 0.102. The Morgan fingerprint density at radius 1 is 1.32 bits per heavy atom. The molecule has 0 aliphatic heterocycles. The third-order valence-electron chi connectivity index (χ3n) is 2.71. The fourth-order valence-corrected chi connectivity index (χ4v) is 1.98. The molecule has 2 rings (SSSR count). The van der Waals surface area contributed by atoms with Gasteiger partial charge in [0, 0.05) is 17.3 Å². The van der Waals surface area contributed by atoms with Gasteiger partial charge < -0.3 is 10.5 Å². The fraction of sp³-hybridized carbons (Fsp3) is 0.267. The van der Waals surface area contributed by atoms with E-state index in [0.29, 0.717) is 10.8 Å². The Kier molecular flexibility index (Phi) is 4.40. The van der Waals surface area contributed by atoms with E-state index in [1.807, 2.05) is 32.0 Å². The summed E-state index contributed by atoms with van der Waals surface area (Å²) in [5.74, 6) is 1.44. The smallest absolute Gasteiger partial charge is 0.145 e. The molecule has 0 aliphatic carbocycles. The SMILES string of the molecule is Cc1ccc(Cl)cc1Oc1cncc(CC(C)N)c1. The second-order valence-electron chi connectivity index (χ2n) is 4.72. The van der Waals surface area contributed by atoms with Crippen LogP contribution in [-0.2, 0) is 6.42 Å². The summed E-state index contributed by atoms with van der Waals surface area (Å²) in [6.07, 6.45) is 4.27. The highest BCUT2D eigenvalue weighted by molar-refractivity contribution is 6.30. The summed E-state index contributed by atoms with van der Waals surface area (Å²) < 4.78 is 5.82. The van der Waals surface area contributed by atoms with E-state index in [0.717, 1.165) is 23.3 Å². The van der Waals surface area contributed by atoms with Crippen LogP contribution in [0.25, 0.3) is 0 Å². The maximum absolute atomic E-state index is 5.97. The van der Waals surface area contributed by atoms with Crippen molar-refractivity contribution < 1.29 is 4.74 Å². The van der Waals surface area contributed by atoms with E-state index in [1.54, 1.807) is 18.5 Å². The van der Waals surface area contributed by atoms with Crippen LogP contribution in [-0.4, -0.2) is 11.0 Å². The highest BCUT2D eigenvalue weighted by Gasteiger charge is 2.05. The predicted octanol–water partition coefficient (Wildman–Crippen LogP) is 3.73. The third-order valence-corrected chi connectivity index (χ3v) is 2.94. The van der Waals surface area contributed by atoms with Crippen molar-refractivity contribution >= 4 is 11.6 Å². The Hall–Kier alpha value is -1.58. The number of hydrogen-bond donors (Lipinski definition) is 1. The Bertz CT molecular complexity index is 570. The zero-order valence-corrected chi connectivity index (χ0v) is 11.8. The monoisotopic (exact) mass is 276 g/mol. The second kappa shape index (κ2) is 6.04. The molecule has 1 heterocycles. The van der Waals surface area contributed by atoms with E-state index >= 15 is 0 Å². The van der Waals surface area contributed by atoms with Crippen LogP contribution in [0.5, 0.6) is 11.5 Å². The average molecular weight is 277 g/mol. The van der Waals surface area contributed by atoms with Crippen LogP contribution < -0.4 is 10.5 Å². The Balaban J connectivity index is 2.21. The van der Waals surface area contributed by atoms with Crippen molar-refractivity contribution in [3.8, 4) is 11.5 Å². The molecule has 100 valence electrons. The van der Waals surface area contributed by atoms with Gasteiger partial charge in [-0.3, -0.25) is 4.98 Å². The molecule has 0 aliphatic rings. The van der Waals surface area contributed by atoms with Crippen LogP contribution >= 0.6 is 11.6 Å². The third kappa shape index (κ3) is 3.94. The van der Waals surface area contributed by atoms with Crippen molar-refractivity contribution in [1.82, 2.24) is 4.98 Å². The minimum Gasteiger partial charge on any atom is -0.455 e. The van der Waals surface area contributed by atoms with Crippen molar-refractivity contribution in [2.75, 3.05) is 0 Å². The molecule has 1 aromatic carbocycles. The first-order chi connectivity index (χ1) is 9.04. The molecule has 0 saturated heterocycles. The van der Waals surface area contributed by atoms with Gasteiger partial charge in [0.25, 0.3) is 0 Å². The normalized spacial score (nSPS) is 12.2. The zero-order valence-electron chi connectivity index (χ0n) is 11.1. The number of aromatic nitrogens is 1. The Morgan fingerprint density at radius 3 is 2.84 bits per heavy atom. The quantitative estimate of drug-likeness (QED) is 0.926. The highest BCUT2D eigenvalue weighted by Crippen LogP contribution is 2.27. The standard InChI is InChI=1S/C15H17ClN2O/c1-10-3-4-13(16)7-15(10)19-14-6-12(5-11(2)17)8-18-9-14/h3-4,6-9,11H,5,17H2,1-2H3. The van der Waals surface area contributed by atoms with Crippen molar-refractivity contribution in [1.29, 1.82) is 0 Å². The summed E-state index contributed by atoms with van der Waals surface area (Å²) in [5.41, 5.74) is 7.88. The van der Waals surface area contributed by atoms with Gasteiger partial charge in [0.15, 0.2) is 0 Å². The van der Waals surface area contributed by atoms with Crippen LogP contribution in [0.4, 0.5) is 0 Å². The van der Waals surface area contributed by atoms with Crippen LogP contribution in [0.2, 0.25) is 5.02 Å². The number of nitrogens with two attached hydrogens (primary N) is 1. The summed E-state index contributed by atoms with van der Waals surface area (Å²) in [5, 5.41) is 0.653. The van der Waals surface area contributed by atoms with Gasteiger partial charge in [0.05, 0.1) is 6.20 Å². The molecule has 1 atom stereocenters. The lowest BCUT2D eigenvalue weighted by Crippen LogP contribution is -2.17. The van der Waals surface area contributed by atoms with E-state index < -0.39 is 0 Å². The van der Waals surface area contributed by atoms with E-state index in [9.17, 15) is 0 Å². The van der Waals surface area contributed by atoms with E-state index in [4.69, 9.17) is 22.1 Å². The molecule has 1 unspecified atom stereocenters. The first-order valence-corrected chi connectivity index (χ1v) is 6.56. The van der Waals surface area contributed by atoms with Crippen LogP contribution in [0, 0.1) is 6.92 Å². The number of nitrogens with zero attached hydrogens (tertiary/aromatic N) is 1. The summed E-state index contributed by atoms with van der Waals surface area (Å²) in [6, 6.07) is 7.63. The van der Waals surface area contributed by atoms with Gasteiger partial charge in [0.2, 0.25) is 0 Å². The topological polar surface area (TPSA) is 48.1 Å². The molecule has 1 aromatic heterocycles. The van der Waals surface area contributed by atoms with Gasteiger partial charge in [-0.15, -0.1) is 0 Å². The van der Waals surface area contributed by atoms with Crippen molar-refractivity contribution in [3.63, 3.8) is 0 Å². The number of benzene rings is 1. The van der Waals surface area contributed by atoms with Crippen molar-refractivity contribution in [3.05, 3.63) is 52.8 Å². The Morgan fingerprint density at radius 2 is 2.11 bits per heavy atom. The van der Waals surface area contributed by atoms with Gasteiger partial charge >= 0.3 is 0 Å². The molecule has 0 saturated carbocycles. The van der Waals surface area contributed by atoms with Crippen molar-refractivity contribution in [2.24, 2.45) is 5.73 Å². The van der Waals surface area contributed by atoms with E-state index in [2.05, 4.69) is 4.98 Å². The molecular weight excluding hydrogens is 260 g/mol. The molecule has 4 heteroatoms. The predicted molar refractivity (Wildman–Crippen MR) is 77.9 cm³/mol. The van der Waals surface area contributed by atoms with Gasteiger partial charge in [-0.25, -0.2) is 0 Å². The molecule has 0 radical (unpaired) electrons. The molecule has 0 fully saturated rings. The fourth-order valence-electron chi connectivity index (χ4n) is 1.81. The van der Waals surface area contributed by atoms with Crippen LogP contribution in [0.15, 0.2) is 36.7 Å². The molecule has 2 N–H and O–H groups in total. The lowest BCUT2D eigenvalue weighted by molar-refractivity contribution is 0.475. The second-order valence-corrected chi connectivity index (χ2v) is 5.16. The number of aryl methyl sites for hydroxylation is 1. The summed E-state index contributed by atoms with van der Waals surface area (Å²) >= 11 is 5.97. The summed E-state index contributed by atoms with van der Waals surface area (Å²) in [7, 11) is 0. The molecule has 3 nitrogen and oxygen atoms in total. The van der Waals surface area contributed by atoms with Gasteiger partial charge in [-0.1, -0.05) is 17.7 Å². The molecule has 0 spiro atoms. The first kappa shape index (κ1) is 13.8. The molecule has 0 amide bonds. The maximum atomic E-state index is 5.97. The lowest BCUT2D eigenvalue weighted by atomic mass is 10.1. The number of hydrogen-bond acceptors (Lipinski definition) is 3. The maximum Gasteiger partial charge on any atom is 0.145 e. The number of pyridine rings is 1. The molecule has 2 aromatic rings. The average Bonchev–Trinajstić information content (AvgIpc) is 2.33. The number of halogens is 1. The summed E-state index contributed by atoms with van der Waals surface area (Å²) in [6.45, 7) is 3.94. The van der Waals surface area contributed by atoms with E-state index in [-0.39, 0.29) is 6.04 Å². The zero-order chi connectivity index (χ0) is 13.8. The van der Waals surface area contributed by atoms with Crippen molar-refractivity contribution in [2.45, 2.75) is 26.3 Å². The Labute approximate surface area is 118 Å². The largest absolute Gasteiger partial charge is 0.455 e. The van der Waals surface area contributed by atoms with Gasteiger partial charge in [0.1, 0.15) is 11.5 Å². The van der Waals surface area contributed by atoms with Gasteiger partial charge in [-0.2, -0.15) is 0 Å². The lowest BCUT2D eigenvalue weighted by Gasteiger charge is -2.10. The van der Waals surface area contributed by atoms with E-state index in [1.165, 1.54) is 0 Å². The number of ether oxygens (including phenoxy) is 1. The first-order valence-electron chi connectivity index (χ1n) is 6.18. The summed E-state index contributed by atoms with van der Waals surface area (Å²) in [4.78, 5) is 4.17. The minimum atomic E-state index is 0.102.